The van der Waals surface area contributed by atoms with Crippen LogP contribution in [0, 0.1) is 5.82 Å². The molecule has 16 heavy (non-hydrogen) atoms. The van der Waals surface area contributed by atoms with E-state index in [0.717, 1.165) is 6.07 Å². The Morgan fingerprint density at radius 2 is 2.12 bits per heavy atom. The van der Waals surface area contributed by atoms with Crippen molar-refractivity contribution >= 4 is 33.3 Å². The number of carbonyl (C=O) groups excluding carboxylic acids is 1. The van der Waals surface area contributed by atoms with Gasteiger partial charge in [0.1, 0.15) is 5.82 Å². The third-order valence-electron chi connectivity index (χ3n) is 2.00. The summed E-state index contributed by atoms with van der Waals surface area (Å²) in [5, 5.41) is 0.299. The first-order chi connectivity index (χ1) is 7.59. The van der Waals surface area contributed by atoms with Crippen LogP contribution in [0.15, 0.2) is 39.4 Å². The number of furan rings is 1. The minimum atomic E-state index is -0.627. The third-order valence-corrected chi connectivity index (χ3v) is 2.86. The molecule has 0 aliphatic carbocycles. The van der Waals surface area contributed by atoms with Gasteiger partial charge in [0.25, 0.3) is 0 Å². The number of rotatable bonds is 2. The summed E-state index contributed by atoms with van der Waals surface area (Å²) in [6.45, 7) is 0. The Hall–Kier alpha value is -1.13. The number of carbonyl (C=O) groups is 1. The highest BCUT2D eigenvalue weighted by molar-refractivity contribution is 9.10. The van der Waals surface area contributed by atoms with E-state index in [9.17, 15) is 9.18 Å². The van der Waals surface area contributed by atoms with Crippen LogP contribution < -0.4 is 0 Å². The molecule has 1 aromatic heterocycles. The summed E-state index contributed by atoms with van der Waals surface area (Å²) in [6, 6.07) is 5.36. The number of benzene rings is 1. The normalized spacial score (nSPS) is 10.4. The SMILES string of the molecule is O=C(c1cc(Cl)ccc1F)c1occc1Br. The zero-order valence-electron chi connectivity index (χ0n) is 7.84. The quantitative estimate of drug-likeness (QED) is 0.783. The van der Waals surface area contributed by atoms with E-state index in [1.54, 1.807) is 6.07 Å². The lowest BCUT2D eigenvalue weighted by atomic mass is 10.1. The van der Waals surface area contributed by atoms with E-state index in [4.69, 9.17) is 16.0 Å². The van der Waals surface area contributed by atoms with Crippen molar-refractivity contribution in [3.63, 3.8) is 0 Å². The van der Waals surface area contributed by atoms with Crippen molar-refractivity contribution in [1.82, 2.24) is 0 Å². The summed E-state index contributed by atoms with van der Waals surface area (Å²) in [4.78, 5) is 11.9. The van der Waals surface area contributed by atoms with Crippen LogP contribution in [0.4, 0.5) is 4.39 Å². The summed E-state index contributed by atoms with van der Waals surface area (Å²) in [5.74, 6) is -1.12. The second-order valence-corrected chi connectivity index (χ2v) is 4.34. The summed E-state index contributed by atoms with van der Waals surface area (Å²) in [6.07, 6.45) is 1.35. The fourth-order valence-electron chi connectivity index (χ4n) is 1.25. The van der Waals surface area contributed by atoms with Gasteiger partial charge in [0, 0.05) is 5.02 Å². The first-order valence-corrected chi connectivity index (χ1v) is 5.49. The molecule has 0 atom stereocenters. The Kier molecular flexibility index (Phi) is 3.12. The maximum Gasteiger partial charge on any atom is 0.232 e. The summed E-state index contributed by atoms with van der Waals surface area (Å²) < 4.78 is 18.9. The molecule has 0 saturated carbocycles. The molecule has 2 rings (SSSR count). The second kappa shape index (κ2) is 4.39. The molecule has 2 nitrogen and oxygen atoms in total. The van der Waals surface area contributed by atoms with Gasteiger partial charge in [-0.3, -0.25) is 4.79 Å². The van der Waals surface area contributed by atoms with Crippen molar-refractivity contribution in [3.05, 3.63) is 57.2 Å². The maximum atomic E-state index is 13.4. The Morgan fingerprint density at radius 1 is 1.38 bits per heavy atom. The molecule has 0 N–H and O–H groups in total. The van der Waals surface area contributed by atoms with Gasteiger partial charge in [0.05, 0.1) is 16.3 Å². The molecule has 0 spiro atoms. The number of hydrogen-bond acceptors (Lipinski definition) is 2. The van der Waals surface area contributed by atoms with Gasteiger partial charge in [-0.1, -0.05) is 11.6 Å². The number of hydrogen-bond donors (Lipinski definition) is 0. The smallest absolute Gasteiger partial charge is 0.232 e. The Labute approximate surface area is 104 Å². The molecule has 0 aliphatic rings. The van der Waals surface area contributed by atoms with E-state index in [-0.39, 0.29) is 11.3 Å². The highest BCUT2D eigenvalue weighted by Crippen LogP contribution is 2.24. The number of halogens is 3. The Bertz CT molecular complexity index is 551. The summed E-state index contributed by atoms with van der Waals surface area (Å²) in [5.41, 5.74) is -0.108. The van der Waals surface area contributed by atoms with Gasteiger partial charge in [0.15, 0.2) is 5.76 Å². The average molecular weight is 304 g/mol. The van der Waals surface area contributed by atoms with Crippen LogP contribution in [0.1, 0.15) is 16.1 Å². The van der Waals surface area contributed by atoms with Crippen LogP contribution in [-0.2, 0) is 0 Å². The summed E-state index contributed by atoms with van der Waals surface area (Å²) in [7, 11) is 0. The van der Waals surface area contributed by atoms with Gasteiger partial charge in [-0.2, -0.15) is 0 Å². The predicted octanol–water partition coefficient (Wildman–Crippen LogP) is 4.07. The maximum absolute atomic E-state index is 13.4. The fourth-order valence-corrected chi connectivity index (χ4v) is 1.80. The number of ketones is 1. The van der Waals surface area contributed by atoms with Crippen molar-refractivity contribution in [2.75, 3.05) is 0 Å². The van der Waals surface area contributed by atoms with Crippen LogP contribution in [0.2, 0.25) is 5.02 Å². The Balaban J connectivity index is 2.49. The summed E-state index contributed by atoms with van der Waals surface area (Å²) >= 11 is 8.84. The van der Waals surface area contributed by atoms with E-state index in [1.165, 1.54) is 18.4 Å². The fraction of sp³-hybridized carbons (Fsp3) is 0. The molecule has 0 amide bonds. The van der Waals surface area contributed by atoms with Gasteiger partial charge in [-0.05, 0) is 40.2 Å². The van der Waals surface area contributed by atoms with Gasteiger partial charge < -0.3 is 4.42 Å². The molecule has 5 heteroatoms. The van der Waals surface area contributed by atoms with Crippen molar-refractivity contribution in [2.45, 2.75) is 0 Å². The minimum absolute atomic E-state index is 0.0566. The topological polar surface area (TPSA) is 30.2 Å². The van der Waals surface area contributed by atoms with Crippen LogP contribution >= 0.6 is 27.5 Å². The molecule has 2 aromatic rings. The molecule has 1 heterocycles. The molecule has 0 aliphatic heterocycles. The molecule has 0 fully saturated rings. The lowest BCUT2D eigenvalue weighted by molar-refractivity contribution is 0.100. The Morgan fingerprint density at radius 3 is 2.75 bits per heavy atom. The van der Waals surface area contributed by atoms with Gasteiger partial charge >= 0.3 is 0 Å². The third kappa shape index (κ3) is 2.03. The monoisotopic (exact) mass is 302 g/mol. The van der Waals surface area contributed by atoms with Crippen molar-refractivity contribution in [2.24, 2.45) is 0 Å². The highest BCUT2D eigenvalue weighted by Gasteiger charge is 2.19. The van der Waals surface area contributed by atoms with Crippen molar-refractivity contribution < 1.29 is 13.6 Å². The standard InChI is InChI=1S/C11H5BrClFO2/c12-8-3-4-16-11(8)10(15)7-5-6(13)1-2-9(7)14/h1-5H. The predicted molar refractivity (Wildman–Crippen MR) is 61.3 cm³/mol. The van der Waals surface area contributed by atoms with E-state index >= 15 is 0 Å². The molecular weight excluding hydrogens is 298 g/mol. The zero-order chi connectivity index (χ0) is 11.7. The molecule has 0 bridgehead atoms. The van der Waals surface area contributed by atoms with Crippen LogP contribution in [-0.4, -0.2) is 5.78 Å². The van der Waals surface area contributed by atoms with E-state index in [0.29, 0.717) is 9.50 Å². The first-order valence-electron chi connectivity index (χ1n) is 4.32. The molecule has 0 saturated heterocycles. The van der Waals surface area contributed by atoms with Crippen molar-refractivity contribution in [3.8, 4) is 0 Å². The largest absolute Gasteiger partial charge is 0.460 e. The lowest BCUT2D eigenvalue weighted by Crippen LogP contribution is -2.03. The van der Waals surface area contributed by atoms with E-state index < -0.39 is 11.6 Å². The second-order valence-electron chi connectivity index (χ2n) is 3.05. The van der Waals surface area contributed by atoms with Gasteiger partial charge in [0.2, 0.25) is 5.78 Å². The highest BCUT2D eigenvalue weighted by atomic mass is 79.9. The first kappa shape index (κ1) is 11.4. The molecule has 0 unspecified atom stereocenters. The average Bonchev–Trinajstić information content (AvgIpc) is 2.67. The zero-order valence-corrected chi connectivity index (χ0v) is 10.2. The molecular formula is C11H5BrClFO2. The van der Waals surface area contributed by atoms with E-state index in [2.05, 4.69) is 15.9 Å². The van der Waals surface area contributed by atoms with Gasteiger partial charge in [-0.15, -0.1) is 0 Å². The van der Waals surface area contributed by atoms with Crippen LogP contribution in [0.25, 0.3) is 0 Å². The van der Waals surface area contributed by atoms with E-state index in [1.807, 2.05) is 0 Å². The molecule has 0 radical (unpaired) electrons. The molecule has 1 aromatic carbocycles. The van der Waals surface area contributed by atoms with Crippen LogP contribution in [0.3, 0.4) is 0 Å². The van der Waals surface area contributed by atoms with Gasteiger partial charge in [-0.25, -0.2) is 4.39 Å². The minimum Gasteiger partial charge on any atom is -0.460 e. The van der Waals surface area contributed by atoms with Crippen molar-refractivity contribution in [1.29, 1.82) is 0 Å². The van der Waals surface area contributed by atoms with Crippen LogP contribution in [0.5, 0.6) is 0 Å². The lowest BCUT2D eigenvalue weighted by Gasteiger charge is -2.01. The molecule has 82 valence electrons.